The van der Waals surface area contributed by atoms with E-state index in [4.69, 9.17) is 4.74 Å². The van der Waals surface area contributed by atoms with E-state index in [1.165, 1.54) is 11.4 Å². The van der Waals surface area contributed by atoms with Gasteiger partial charge in [0.05, 0.1) is 12.3 Å². The molecule has 3 nitrogen and oxygen atoms in total. The van der Waals surface area contributed by atoms with Crippen LogP contribution in [-0.2, 0) is 4.74 Å². The number of hydrogen-bond acceptors (Lipinski definition) is 2. The van der Waals surface area contributed by atoms with E-state index < -0.39 is 0 Å². The molecule has 0 bridgehead atoms. The Morgan fingerprint density at radius 1 is 1.47 bits per heavy atom. The molecule has 2 aromatic rings. The summed E-state index contributed by atoms with van der Waals surface area (Å²) in [5.41, 5.74) is 3.43. The Morgan fingerprint density at radius 3 is 3.13 bits per heavy atom. The Balaban J connectivity index is 2.09. The first-order chi connectivity index (χ1) is 7.34. The monoisotopic (exact) mass is 202 g/mol. The summed E-state index contributed by atoms with van der Waals surface area (Å²) in [7, 11) is 0. The van der Waals surface area contributed by atoms with Crippen LogP contribution < -0.4 is 0 Å². The summed E-state index contributed by atoms with van der Waals surface area (Å²) < 4.78 is 7.53. The molecule has 0 saturated carbocycles. The zero-order valence-corrected chi connectivity index (χ0v) is 8.81. The highest BCUT2D eigenvalue weighted by Gasteiger charge is 2.20. The number of pyridine rings is 1. The number of hydrogen-bond donors (Lipinski definition) is 0. The van der Waals surface area contributed by atoms with Gasteiger partial charge in [-0.15, -0.1) is 0 Å². The Bertz CT molecular complexity index is 483. The summed E-state index contributed by atoms with van der Waals surface area (Å²) in [6.45, 7) is 3.80. The molecule has 3 rings (SSSR count). The van der Waals surface area contributed by atoms with Crippen LogP contribution >= 0.6 is 0 Å². The largest absolute Gasteiger partial charge is 0.381 e. The standard InChI is InChI=1S/C12H14N2O/c1-9-3-2-4-12-13-11(7-14(9)12)10-5-6-15-8-10/h2-4,7,10H,5-6,8H2,1H3. The van der Waals surface area contributed by atoms with Gasteiger partial charge in [-0.2, -0.15) is 0 Å². The van der Waals surface area contributed by atoms with Gasteiger partial charge in [-0.25, -0.2) is 4.98 Å². The van der Waals surface area contributed by atoms with Crippen LogP contribution in [0.4, 0.5) is 0 Å². The highest BCUT2D eigenvalue weighted by Crippen LogP contribution is 2.24. The summed E-state index contributed by atoms with van der Waals surface area (Å²) in [5, 5.41) is 0. The Kier molecular flexibility index (Phi) is 1.99. The van der Waals surface area contributed by atoms with Gasteiger partial charge in [-0.05, 0) is 25.5 Å². The smallest absolute Gasteiger partial charge is 0.137 e. The minimum absolute atomic E-state index is 0.490. The topological polar surface area (TPSA) is 26.5 Å². The molecule has 0 N–H and O–H groups in total. The second-order valence-corrected chi connectivity index (χ2v) is 4.12. The van der Waals surface area contributed by atoms with E-state index in [1.54, 1.807) is 0 Å². The number of imidazole rings is 1. The number of aryl methyl sites for hydroxylation is 1. The zero-order valence-electron chi connectivity index (χ0n) is 8.81. The Hall–Kier alpha value is -1.35. The average Bonchev–Trinajstić information content (AvgIpc) is 2.86. The van der Waals surface area contributed by atoms with E-state index in [-0.39, 0.29) is 0 Å². The third-order valence-corrected chi connectivity index (χ3v) is 3.06. The normalized spacial score (nSPS) is 21.3. The van der Waals surface area contributed by atoms with Crippen molar-refractivity contribution in [1.82, 2.24) is 9.38 Å². The minimum Gasteiger partial charge on any atom is -0.381 e. The Morgan fingerprint density at radius 2 is 2.40 bits per heavy atom. The molecular weight excluding hydrogens is 188 g/mol. The van der Waals surface area contributed by atoms with Gasteiger partial charge in [0.1, 0.15) is 5.65 Å². The molecule has 1 aliphatic rings. The van der Waals surface area contributed by atoms with Gasteiger partial charge >= 0.3 is 0 Å². The lowest BCUT2D eigenvalue weighted by atomic mass is 10.1. The van der Waals surface area contributed by atoms with E-state index in [9.17, 15) is 0 Å². The van der Waals surface area contributed by atoms with Crippen LogP contribution in [0.3, 0.4) is 0 Å². The van der Waals surface area contributed by atoms with Crippen molar-refractivity contribution in [1.29, 1.82) is 0 Å². The van der Waals surface area contributed by atoms with Gasteiger partial charge in [0, 0.05) is 24.4 Å². The van der Waals surface area contributed by atoms with E-state index in [1.807, 2.05) is 12.1 Å². The molecule has 1 atom stereocenters. The Labute approximate surface area is 88.7 Å². The molecule has 0 amide bonds. The van der Waals surface area contributed by atoms with E-state index in [0.717, 1.165) is 25.3 Å². The fraction of sp³-hybridized carbons (Fsp3) is 0.417. The van der Waals surface area contributed by atoms with Crippen LogP contribution in [0.15, 0.2) is 24.4 Å². The quantitative estimate of drug-likeness (QED) is 0.708. The summed E-state index contributed by atoms with van der Waals surface area (Å²) in [5.74, 6) is 0.490. The van der Waals surface area contributed by atoms with Crippen molar-refractivity contribution in [2.45, 2.75) is 19.3 Å². The molecule has 1 fully saturated rings. The molecule has 2 aromatic heterocycles. The van der Waals surface area contributed by atoms with Crippen LogP contribution in [0.2, 0.25) is 0 Å². The van der Waals surface area contributed by atoms with Crippen LogP contribution in [0.5, 0.6) is 0 Å². The number of fused-ring (bicyclic) bond motifs is 1. The molecule has 3 heteroatoms. The first-order valence-electron chi connectivity index (χ1n) is 5.37. The molecular formula is C12H14N2O. The van der Waals surface area contributed by atoms with Gasteiger partial charge in [0.2, 0.25) is 0 Å². The summed E-state index contributed by atoms with van der Waals surface area (Å²) >= 11 is 0. The third-order valence-electron chi connectivity index (χ3n) is 3.06. The van der Waals surface area contributed by atoms with E-state index >= 15 is 0 Å². The maximum Gasteiger partial charge on any atom is 0.137 e. The molecule has 0 radical (unpaired) electrons. The van der Waals surface area contributed by atoms with Crippen LogP contribution in [0.1, 0.15) is 23.7 Å². The second kappa shape index (κ2) is 3.35. The van der Waals surface area contributed by atoms with Crippen molar-refractivity contribution in [3.05, 3.63) is 35.8 Å². The lowest BCUT2D eigenvalue weighted by molar-refractivity contribution is 0.193. The van der Waals surface area contributed by atoms with Gasteiger partial charge in [0.25, 0.3) is 0 Å². The van der Waals surface area contributed by atoms with E-state index in [0.29, 0.717) is 5.92 Å². The highest BCUT2D eigenvalue weighted by molar-refractivity contribution is 5.42. The molecule has 1 saturated heterocycles. The predicted octanol–water partition coefficient (Wildman–Crippen LogP) is 2.15. The molecule has 78 valence electrons. The van der Waals surface area contributed by atoms with Crippen molar-refractivity contribution in [2.75, 3.05) is 13.2 Å². The first-order valence-corrected chi connectivity index (χ1v) is 5.37. The molecule has 1 unspecified atom stereocenters. The molecule has 1 aliphatic heterocycles. The van der Waals surface area contributed by atoms with Gasteiger partial charge in [-0.1, -0.05) is 6.07 Å². The number of nitrogens with zero attached hydrogens (tertiary/aromatic N) is 2. The SMILES string of the molecule is Cc1cccc2nc(C3CCOC3)cn12. The number of rotatable bonds is 1. The van der Waals surface area contributed by atoms with Crippen molar-refractivity contribution in [2.24, 2.45) is 0 Å². The first kappa shape index (κ1) is 8.92. The molecule has 0 aliphatic carbocycles. The van der Waals surface area contributed by atoms with Gasteiger partial charge in [-0.3, -0.25) is 0 Å². The minimum atomic E-state index is 0.490. The van der Waals surface area contributed by atoms with Crippen molar-refractivity contribution >= 4 is 5.65 Å². The maximum absolute atomic E-state index is 5.39. The molecule has 0 aromatic carbocycles. The third kappa shape index (κ3) is 1.43. The van der Waals surface area contributed by atoms with Crippen LogP contribution in [-0.4, -0.2) is 22.6 Å². The zero-order chi connectivity index (χ0) is 10.3. The fourth-order valence-corrected chi connectivity index (χ4v) is 2.13. The number of ether oxygens (including phenoxy) is 1. The van der Waals surface area contributed by atoms with Crippen LogP contribution in [0.25, 0.3) is 5.65 Å². The second-order valence-electron chi connectivity index (χ2n) is 4.12. The van der Waals surface area contributed by atoms with Gasteiger partial charge < -0.3 is 9.14 Å². The lowest BCUT2D eigenvalue weighted by Gasteiger charge is -2.00. The van der Waals surface area contributed by atoms with E-state index in [2.05, 4.69) is 28.6 Å². The van der Waals surface area contributed by atoms with Crippen molar-refractivity contribution in [3.8, 4) is 0 Å². The molecule has 15 heavy (non-hydrogen) atoms. The fourth-order valence-electron chi connectivity index (χ4n) is 2.13. The maximum atomic E-state index is 5.39. The average molecular weight is 202 g/mol. The van der Waals surface area contributed by atoms with Crippen LogP contribution in [0, 0.1) is 6.92 Å². The van der Waals surface area contributed by atoms with Crippen molar-refractivity contribution in [3.63, 3.8) is 0 Å². The predicted molar refractivity (Wildman–Crippen MR) is 58.1 cm³/mol. The summed E-state index contributed by atoms with van der Waals surface area (Å²) in [6, 6.07) is 6.20. The molecule has 0 spiro atoms. The summed E-state index contributed by atoms with van der Waals surface area (Å²) in [4.78, 5) is 4.64. The summed E-state index contributed by atoms with van der Waals surface area (Å²) in [6.07, 6.45) is 3.24. The highest BCUT2D eigenvalue weighted by atomic mass is 16.5. The van der Waals surface area contributed by atoms with Gasteiger partial charge in [0.15, 0.2) is 0 Å². The van der Waals surface area contributed by atoms with Crippen molar-refractivity contribution < 1.29 is 4.74 Å². The molecule has 3 heterocycles. The number of aromatic nitrogens is 2. The lowest BCUT2D eigenvalue weighted by Crippen LogP contribution is -1.97.